The molecule has 54 heavy (non-hydrogen) atoms. The molecule has 0 bridgehead atoms. The molecular weight excluding hydrogens is 690 g/mol. The number of aliphatic hydroxyl groups is 6. The lowest BCUT2D eigenvalue weighted by Gasteiger charge is -2.47. The first kappa shape index (κ1) is 44.1. The van der Waals surface area contributed by atoms with Crippen LogP contribution in [0.5, 0.6) is 0 Å². The van der Waals surface area contributed by atoms with E-state index < -0.39 is 53.7 Å². The second-order valence-corrected chi connectivity index (χ2v) is 17.2. The van der Waals surface area contributed by atoms with Crippen LogP contribution in [-0.2, 0) is 14.3 Å². The number of hydrogen-bond donors (Lipinski definition) is 7. The lowest BCUT2D eigenvalue weighted by atomic mass is 9.77. The molecule has 0 spiro atoms. The predicted molar refractivity (Wildman–Crippen MR) is 207 cm³/mol. The standard InChI is InChI=1S/C43H67NO10/c1-26(20-31-14-15-37(47)38(48)22-31)19-28(3)34-23-33(46)24-35(34)42(6,52)17-16-32(45)12-8-7-11-27(2)40-29(4)21-30(5)43(53,54-40)25-39(49)44-18-10-9-13-36(44)41(50)51/h7-8,14-17,19-20,27,29-38,40,45-48,52-53H,9-13,18,21-25H2,1-6H3,(H,50,51)/b8-7+,17-16+,26-20+,28-19+. The Hall–Kier alpha value is -2.64. The van der Waals surface area contributed by atoms with Crippen molar-refractivity contribution in [2.24, 2.45) is 35.5 Å². The number of aliphatic carboxylic acids is 1. The van der Waals surface area contributed by atoms with Gasteiger partial charge in [0.15, 0.2) is 5.79 Å². The van der Waals surface area contributed by atoms with Crippen LogP contribution in [0.15, 0.2) is 59.8 Å². The first-order valence-corrected chi connectivity index (χ1v) is 20.1. The topological polar surface area (TPSA) is 188 Å². The highest BCUT2D eigenvalue weighted by atomic mass is 16.6. The van der Waals surface area contributed by atoms with Gasteiger partial charge in [0.05, 0.1) is 42.5 Å². The van der Waals surface area contributed by atoms with Gasteiger partial charge in [0.2, 0.25) is 5.91 Å². The molecule has 3 fully saturated rings. The van der Waals surface area contributed by atoms with E-state index in [2.05, 4.69) is 19.1 Å². The number of carbonyl (C=O) groups is 2. The maximum atomic E-state index is 13.3. The van der Waals surface area contributed by atoms with Gasteiger partial charge in [-0.3, -0.25) is 4.79 Å². The number of hydrogen-bond acceptors (Lipinski definition) is 9. The van der Waals surface area contributed by atoms with E-state index in [0.29, 0.717) is 51.5 Å². The lowest BCUT2D eigenvalue weighted by Crippen LogP contribution is -2.56. The average Bonchev–Trinajstić information content (AvgIpc) is 3.52. The van der Waals surface area contributed by atoms with Crippen molar-refractivity contribution in [1.82, 2.24) is 4.90 Å². The first-order valence-electron chi connectivity index (χ1n) is 20.1. The Balaban J connectivity index is 1.30. The molecule has 304 valence electrons. The van der Waals surface area contributed by atoms with Gasteiger partial charge in [0, 0.05) is 18.4 Å². The second-order valence-electron chi connectivity index (χ2n) is 17.2. The molecule has 14 unspecified atom stereocenters. The van der Waals surface area contributed by atoms with Crippen molar-refractivity contribution >= 4 is 11.9 Å². The number of allylic oxidation sites excluding steroid dienone is 6. The Bertz CT molecular complexity index is 1430. The molecule has 14 atom stereocenters. The van der Waals surface area contributed by atoms with Crippen molar-refractivity contribution in [3.8, 4) is 0 Å². The van der Waals surface area contributed by atoms with E-state index in [-0.39, 0.29) is 48.0 Å². The molecule has 0 aromatic rings. The average molecular weight is 758 g/mol. The molecule has 2 aliphatic heterocycles. The van der Waals surface area contributed by atoms with Crippen LogP contribution in [0.3, 0.4) is 0 Å². The lowest BCUT2D eigenvalue weighted by molar-refractivity contribution is -0.301. The quantitative estimate of drug-likeness (QED) is 0.0958. The minimum absolute atomic E-state index is 0.000299. The van der Waals surface area contributed by atoms with Crippen LogP contribution in [-0.4, -0.2) is 107 Å². The first-order chi connectivity index (χ1) is 25.3. The molecular formula is C43H67NO10. The van der Waals surface area contributed by atoms with Gasteiger partial charge in [-0.15, -0.1) is 0 Å². The van der Waals surface area contributed by atoms with E-state index in [4.69, 9.17) is 4.74 Å². The van der Waals surface area contributed by atoms with Crippen molar-refractivity contribution < 1.29 is 50.1 Å². The highest BCUT2D eigenvalue weighted by Crippen LogP contribution is 2.44. The van der Waals surface area contributed by atoms with Gasteiger partial charge in [-0.05, 0) is 102 Å². The number of piperidine rings is 1. The van der Waals surface area contributed by atoms with E-state index in [9.17, 15) is 45.3 Å². The predicted octanol–water partition coefficient (Wildman–Crippen LogP) is 4.81. The van der Waals surface area contributed by atoms with Crippen LogP contribution in [0.4, 0.5) is 0 Å². The van der Waals surface area contributed by atoms with Crippen molar-refractivity contribution in [2.45, 2.75) is 154 Å². The van der Waals surface area contributed by atoms with Crippen LogP contribution >= 0.6 is 0 Å². The number of ether oxygens (including phenoxy) is 1. The van der Waals surface area contributed by atoms with Gasteiger partial charge in [-0.1, -0.05) is 80.5 Å². The van der Waals surface area contributed by atoms with Crippen LogP contribution in [0.25, 0.3) is 0 Å². The SMILES string of the molecule is CC(=C\C1C=CC(O)C(O)C1)/C=C(\C)C1CC(O)CC1C(C)(O)/C=C/C(O)C/C=C/CC(C)C1OC(O)(CC(=O)N2CCCCC2C(=O)O)C(C)CC1C. The summed E-state index contributed by atoms with van der Waals surface area (Å²) >= 11 is 0. The zero-order chi connectivity index (χ0) is 40.0. The Morgan fingerprint density at radius 1 is 1.04 bits per heavy atom. The fourth-order valence-corrected chi connectivity index (χ4v) is 9.25. The largest absolute Gasteiger partial charge is 0.480 e. The number of likely N-dealkylation sites (tertiary alicyclic amines) is 1. The molecule has 0 aromatic carbocycles. The summed E-state index contributed by atoms with van der Waals surface area (Å²) in [7, 11) is 0. The highest BCUT2D eigenvalue weighted by Gasteiger charge is 2.48. The van der Waals surface area contributed by atoms with Gasteiger partial charge < -0.3 is 45.4 Å². The van der Waals surface area contributed by atoms with E-state index >= 15 is 0 Å². The zero-order valence-electron chi connectivity index (χ0n) is 33.1. The number of rotatable bonds is 14. The summed E-state index contributed by atoms with van der Waals surface area (Å²) in [5, 5.41) is 74.0. The van der Waals surface area contributed by atoms with Gasteiger partial charge in [0.1, 0.15) is 6.04 Å². The third-order valence-electron chi connectivity index (χ3n) is 12.4. The summed E-state index contributed by atoms with van der Waals surface area (Å²) in [5.41, 5.74) is 0.778. The number of amides is 1. The summed E-state index contributed by atoms with van der Waals surface area (Å²) < 4.78 is 6.31. The molecule has 7 N–H and O–H groups in total. The summed E-state index contributed by atoms with van der Waals surface area (Å²) in [6, 6.07) is -0.875. The molecule has 2 saturated heterocycles. The molecule has 4 aliphatic rings. The van der Waals surface area contributed by atoms with E-state index in [0.717, 1.165) is 24.0 Å². The van der Waals surface area contributed by atoms with Gasteiger partial charge >= 0.3 is 5.97 Å². The molecule has 11 heteroatoms. The number of carboxylic acid groups (broad SMARTS) is 1. The van der Waals surface area contributed by atoms with Crippen LogP contribution in [0, 0.1) is 35.5 Å². The molecule has 2 heterocycles. The molecule has 11 nitrogen and oxygen atoms in total. The minimum Gasteiger partial charge on any atom is -0.480 e. The minimum atomic E-state index is -1.69. The molecule has 2 aliphatic carbocycles. The van der Waals surface area contributed by atoms with Crippen LogP contribution in [0.2, 0.25) is 0 Å². The Kier molecular flexibility index (Phi) is 15.5. The van der Waals surface area contributed by atoms with Crippen LogP contribution in [0.1, 0.15) is 106 Å². The van der Waals surface area contributed by atoms with E-state index in [1.54, 1.807) is 25.2 Å². The fraction of sp³-hybridized carbons (Fsp3) is 0.721. The van der Waals surface area contributed by atoms with Gasteiger partial charge in [-0.25, -0.2) is 4.79 Å². The second kappa shape index (κ2) is 19.0. The molecule has 1 saturated carbocycles. The number of aliphatic hydroxyl groups excluding tert-OH is 4. The van der Waals surface area contributed by atoms with Gasteiger partial charge in [-0.2, -0.15) is 0 Å². The molecule has 1 amide bonds. The molecule has 4 rings (SSSR count). The summed E-state index contributed by atoms with van der Waals surface area (Å²) in [6.45, 7) is 12.0. The zero-order valence-corrected chi connectivity index (χ0v) is 33.1. The van der Waals surface area contributed by atoms with Crippen LogP contribution < -0.4 is 0 Å². The maximum absolute atomic E-state index is 13.3. The monoisotopic (exact) mass is 757 g/mol. The highest BCUT2D eigenvalue weighted by molar-refractivity contribution is 5.84. The third-order valence-corrected chi connectivity index (χ3v) is 12.4. The van der Waals surface area contributed by atoms with Crippen molar-refractivity contribution in [3.63, 3.8) is 0 Å². The Morgan fingerprint density at radius 3 is 2.43 bits per heavy atom. The Morgan fingerprint density at radius 2 is 1.74 bits per heavy atom. The summed E-state index contributed by atoms with van der Waals surface area (Å²) in [4.78, 5) is 26.4. The van der Waals surface area contributed by atoms with Crippen molar-refractivity contribution in [1.29, 1.82) is 0 Å². The molecule has 0 radical (unpaired) electrons. The molecule has 0 aromatic heterocycles. The Labute approximate surface area is 321 Å². The summed E-state index contributed by atoms with van der Waals surface area (Å²) in [5.74, 6) is -3.59. The number of carbonyl (C=O) groups excluding carboxylic acids is 1. The van der Waals surface area contributed by atoms with Crippen molar-refractivity contribution in [3.05, 3.63) is 59.8 Å². The smallest absolute Gasteiger partial charge is 0.326 e. The maximum Gasteiger partial charge on any atom is 0.326 e. The summed E-state index contributed by atoms with van der Waals surface area (Å²) in [6.07, 6.45) is 16.1. The number of carboxylic acids is 1. The number of nitrogens with zero attached hydrogens (tertiary/aromatic N) is 1. The van der Waals surface area contributed by atoms with E-state index in [1.807, 2.05) is 45.9 Å². The normalized spacial score (nSPS) is 37.8. The van der Waals surface area contributed by atoms with Gasteiger partial charge in [0.25, 0.3) is 0 Å². The fourth-order valence-electron chi connectivity index (χ4n) is 9.25. The third kappa shape index (κ3) is 11.5. The van der Waals surface area contributed by atoms with Crippen molar-refractivity contribution in [2.75, 3.05) is 6.54 Å². The van der Waals surface area contributed by atoms with E-state index in [1.165, 1.54) is 4.90 Å².